The minimum atomic E-state index is 0.500. The van der Waals surface area contributed by atoms with Crippen molar-refractivity contribution in [1.29, 1.82) is 0 Å². The fraction of sp³-hybridized carbons (Fsp3) is 0.455. The van der Waals surface area contributed by atoms with E-state index in [0.717, 1.165) is 0 Å². The lowest BCUT2D eigenvalue weighted by Gasteiger charge is -2.30. The maximum atomic E-state index is 2.28. The molecule has 1 unspecified atom stereocenters. The van der Waals surface area contributed by atoms with Gasteiger partial charge in [-0.1, -0.05) is 23.2 Å². The Labute approximate surface area is 82.2 Å². The Bertz CT molecular complexity index is 286. The van der Waals surface area contributed by atoms with Crippen molar-refractivity contribution in [3.8, 4) is 0 Å². The van der Waals surface area contributed by atoms with E-state index in [2.05, 4.69) is 58.9 Å². The monoisotopic (exact) mass is 175 g/mol. The molecule has 70 valence electrons. The molecule has 0 saturated heterocycles. The van der Waals surface area contributed by atoms with Crippen LogP contribution in [0.4, 0.5) is 0 Å². The topological polar surface area (TPSA) is 3.24 Å². The van der Waals surface area contributed by atoms with E-state index in [1.165, 1.54) is 16.6 Å². The molecule has 0 amide bonds. The van der Waals surface area contributed by atoms with E-state index in [0.29, 0.717) is 6.04 Å². The summed E-state index contributed by atoms with van der Waals surface area (Å²) < 4.78 is 0. The first kappa shape index (κ1) is 10.2. The fourth-order valence-corrected chi connectivity index (χ4v) is 1.67. The van der Waals surface area contributed by atoms with Crippen LogP contribution in [0.1, 0.15) is 20.8 Å². The summed E-state index contributed by atoms with van der Waals surface area (Å²) in [7, 11) is 4.27. The predicted octanol–water partition coefficient (Wildman–Crippen LogP) is 1.69. The zero-order valence-corrected chi connectivity index (χ0v) is 9.26. The van der Waals surface area contributed by atoms with Gasteiger partial charge in [-0.05, 0) is 32.5 Å². The molecular formula is C11H18BN. The second-order valence-corrected chi connectivity index (χ2v) is 3.79. The van der Waals surface area contributed by atoms with Crippen molar-refractivity contribution in [2.75, 3.05) is 7.05 Å². The van der Waals surface area contributed by atoms with Gasteiger partial charge in [-0.2, -0.15) is 0 Å². The van der Waals surface area contributed by atoms with Crippen LogP contribution in [0.5, 0.6) is 0 Å². The van der Waals surface area contributed by atoms with Crippen LogP contribution in [0.15, 0.2) is 35.0 Å². The van der Waals surface area contributed by atoms with Crippen molar-refractivity contribution < 1.29 is 0 Å². The van der Waals surface area contributed by atoms with Crippen molar-refractivity contribution in [3.05, 3.63) is 35.0 Å². The molecule has 0 aliphatic carbocycles. The summed E-state index contributed by atoms with van der Waals surface area (Å²) in [4.78, 5) is 2.26. The highest BCUT2D eigenvalue weighted by Crippen LogP contribution is 2.23. The average Bonchev–Trinajstić information content (AvgIpc) is 2.10. The third kappa shape index (κ3) is 2.06. The molecule has 0 N–H and O–H groups in total. The Morgan fingerprint density at radius 1 is 1.62 bits per heavy atom. The number of hydrogen-bond acceptors (Lipinski definition) is 1. The van der Waals surface area contributed by atoms with Crippen molar-refractivity contribution in [3.63, 3.8) is 0 Å². The third-order valence-electron chi connectivity index (χ3n) is 2.74. The van der Waals surface area contributed by atoms with Crippen LogP contribution in [-0.4, -0.2) is 25.8 Å². The first-order valence-electron chi connectivity index (χ1n) is 4.81. The largest absolute Gasteiger partial charge is 0.374 e. The van der Waals surface area contributed by atoms with E-state index in [9.17, 15) is 0 Å². The maximum Gasteiger partial charge on any atom is 0.141 e. The molecule has 13 heavy (non-hydrogen) atoms. The molecule has 1 atom stereocenters. The van der Waals surface area contributed by atoms with E-state index >= 15 is 0 Å². The highest BCUT2D eigenvalue weighted by atomic mass is 15.1. The molecule has 1 aliphatic heterocycles. The zero-order chi connectivity index (χ0) is 10.0. The van der Waals surface area contributed by atoms with E-state index in [1.807, 2.05) is 0 Å². The lowest BCUT2D eigenvalue weighted by molar-refractivity contribution is 0.388. The summed E-state index contributed by atoms with van der Waals surface area (Å²) in [5, 5.41) is 0. The third-order valence-corrected chi connectivity index (χ3v) is 2.74. The van der Waals surface area contributed by atoms with Gasteiger partial charge in [-0.25, -0.2) is 0 Å². The Kier molecular flexibility index (Phi) is 3.02. The molecule has 0 aromatic rings. The molecular weight excluding hydrogens is 157 g/mol. The van der Waals surface area contributed by atoms with Gasteiger partial charge in [0.2, 0.25) is 0 Å². The van der Waals surface area contributed by atoms with Crippen molar-refractivity contribution in [2.45, 2.75) is 26.8 Å². The number of allylic oxidation sites excluding steroid dienone is 3. The van der Waals surface area contributed by atoms with E-state index in [-0.39, 0.29) is 0 Å². The summed E-state index contributed by atoms with van der Waals surface area (Å²) >= 11 is 0. The molecule has 1 heterocycles. The number of hydrogen-bond donors (Lipinski definition) is 0. The standard InChI is InChI=1S/C11H18BN/c1-5-8(2)11-6-10(12)7-13(4)9(11)3/h5-7,9H,12H2,1-4H3/b8-5-. The average molecular weight is 175 g/mol. The van der Waals surface area contributed by atoms with Gasteiger partial charge in [-0.15, -0.1) is 0 Å². The highest BCUT2D eigenvalue weighted by molar-refractivity contribution is 6.23. The normalized spacial score (nSPS) is 24.2. The number of likely N-dealkylation sites (N-methyl/N-ethyl adjacent to an activating group) is 1. The van der Waals surface area contributed by atoms with Gasteiger partial charge in [0, 0.05) is 7.05 Å². The van der Waals surface area contributed by atoms with Gasteiger partial charge in [0.15, 0.2) is 0 Å². The van der Waals surface area contributed by atoms with Gasteiger partial charge >= 0.3 is 0 Å². The van der Waals surface area contributed by atoms with Crippen molar-refractivity contribution in [1.82, 2.24) is 4.90 Å². The van der Waals surface area contributed by atoms with Crippen LogP contribution in [0.25, 0.3) is 0 Å². The molecule has 2 heteroatoms. The molecule has 0 spiro atoms. The Morgan fingerprint density at radius 3 is 2.77 bits per heavy atom. The minimum absolute atomic E-state index is 0.500. The quantitative estimate of drug-likeness (QED) is 0.548. The minimum Gasteiger partial charge on any atom is -0.374 e. The van der Waals surface area contributed by atoms with Gasteiger partial charge in [-0.3, -0.25) is 0 Å². The van der Waals surface area contributed by atoms with Crippen molar-refractivity contribution in [2.24, 2.45) is 0 Å². The summed E-state index contributed by atoms with van der Waals surface area (Å²) in [5.41, 5.74) is 4.15. The summed E-state index contributed by atoms with van der Waals surface area (Å²) in [6.07, 6.45) is 6.64. The van der Waals surface area contributed by atoms with Gasteiger partial charge < -0.3 is 4.90 Å². The predicted molar refractivity (Wildman–Crippen MR) is 61.4 cm³/mol. The fourth-order valence-electron chi connectivity index (χ4n) is 1.67. The second kappa shape index (κ2) is 3.86. The summed E-state index contributed by atoms with van der Waals surface area (Å²) in [5.74, 6) is 0. The zero-order valence-electron chi connectivity index (χ0n) is 9.26. The second-order valence-electron chi connectivity index (χ2n) is 3.79. The number of rotatable bonds is 1. The van der Waals surface area contributed by atoms with Gasteiger partial charge in [0.25, 0.3) is 0 Å². The smallest absolute Gasteiger partial charge is 0.141 e. The molecule has 0 saturated carbocycles. The lowest BCUT2D eigenvalue weighted by atomic mass is 9.86. The van der Waals surface area contributed by atoms with E-state index in [1.54, 1.807) is 0 Å². The van der Waals surface area contributed by atoms with Crippen molar-refractivity contribution >= 4 is 7.85 Å². The van der Waals surface area contributed by atoms with Crippen LogP contribution >= 0.6 is 0 Å². The van der Waals surface area contributed by atoms with Crippen LogP contribution in [-0.2, 0) is 0 Å². The van der Waals surface area contributed by atoms with Crippen LogP contribution in [0.2, 0.25) is 0 Å². The van der Waals surface area contributed by atoms with Crippen LogP contribution in [0.3, 0.4) is 0 Å². The van der Waals surface area contributed by atoms with E-state index in [4.69, 9.17) is 0 Å². The van der Waals surface area contributed by atoms with Gasteiger partial charge in [0.05, 0.1) is 6.04 Å². The Hall–Kier alpha value is -0.915. The molecule has 0 bridgehead atoms. The Morgan fingerprint density at radius 2 is 2.23 bits per heavy atom. The number of nitrogens with zero attached hydrogens (tertiary/aromatic N) is 1. The summed E-state index contributed by atoms with van der Waals surface area (Å²) in [6, 6.07) is 0.500. The molecule has 1 nitrogen and oxygen atoms in total. The van der Waals surface area contributed by atoms with Gasteiger partial charge in [0.1, 0.15) is 7.85 Å². The molecule has 0 radical (unpaired) electrons. The first-order valence-corrected chi connectivity index (χ1v) is 4.81. The molecule has 0 aromatic heterocycles. The molecule has 0 fully saturated rings. The van der Waals surface area contributed by atoms with E-state index < -0.39 is 0 Å². The maximum absolute atomic E-state index is 2.28. The first-order chi connectivity index (χ1) is 6.06. The Balaban J connectivity index is 3.02. The van der Waals surface area contributed by atoms with Crippen LogP contribution < -0.4 is 0 Å². The molecule has 0 aromatic carbocycles. The highest BCUT2D eigenvalue weighted by Gasteiger charge is 2.16. The molecule has 1 rings (SSSR count). The SMILES string of the molecule is BC1=CN(C)C(C)C(/C(C)=C\C)=C1. The van der Waals surface area contributed by atoms with Crippen LogP contribution in [0, 0.1) is 0 Å². The lowest BCUT2D eigenvalue weighted by Crippen LogP contribution is -2.29. The molecule has 1 aliphatic rings. The summed E-state index contributed by atoms with van der Waals surface area (Å²) in [6.45, 7) is 6.51.